The maximum Gasteiger partial charge on any atom is 0.490 e. The number of aliphatic hydroxyl groups excluding tert-OH is 1. The predicted molar refractivity (Wildman–Crippen MR) is 132 cm³/mol. The highest BCUT2D eigenvalue weighted by Gasteiger charge is 2.65. The summed E-state index contributed by atoms with van der Waals surface area (Å²) < 4.78 is 37.1. The Morgan fingerprint density at radius 2 is 1.84 bits per heavy atom. The lowest BCUT2D eigenvalue weighted by Gasteiger charge is -2.10. The summed E-state index contributed by atoms with van der Waals surface area (Å²) >= 11 is 0. The van der Waals surface area contributed by atoms with E-state index in [2.05, 4.69) is 33.7 Å². The molecule has 1 aliphatic heterocycles. The molecule has 0 radical (unpaired) electrons. The van der Waals surface area contributed by atoms with E-state index in [1.54, 1.807) is 7.11 Å². The molecule has 8 nitrogen and oxygen atoms in total. The smallest absolute Gasteiger partial charge is 0.490 e. The van der Waals surface area contributed by atoms with Gasteiger partial charge in [-0.25, -0.2) is 4.79 Å². The van der Waals surface area contributed by atoms with Crippen LogP contribution in [0.15, 0.2) is 60.7 Å². The minimum atomic E-state index is -5.08. The van der Waals surface area contributed by atoms with Crippen molar-refractivity contribution in [1.82, 2.24) is 10.2 Å². The quantitative estimate of drug-likeness (QED) is 0.305. The Labute approximate surface area is 214 Å². The monoisotopic (exact) mass is 525 g/mol. The number of benzene rings is 3. The normalized spacial score (nSPS) is 19.5. The number of hydrogen-bond acceptors (Lipinski definition) is 5. The maximum absolute atomic E-state index is 12.9. The van der Waals surface area contributed by atoms with E-state index in [0.717, 1.165) is 56.7 Å². The van der Waals surface area contributed by atoms with Crippen molar-refractivity contribution in [2.24, 2.45) is 0 Å². The van der Waals surface area contributed by atoms with E-state index < -0.39 is 17.6 Å². The van der Waals surface area contributed by atoms with Gasteiger partial charge in [0.15, 0.2) is 0 Å². The zero-order valence-electron chi connectivity index (χ0n) is 20.0. The first-order valence-corrected chi connectivity index (χ1v) is 11.6. The zero-order valence-corrected chi connectivity index (χ0v) is 20.0. The number of aromatic nitrogens is 2. The number of hydrogen-bond donors (Lipinski definition) is 4. The summed E-state index contributed by atoms with van der Waals surface area (Å²) in [5.74, 6) is -1.80. The highest BCUT2D eigenvalue weighted by Crippen LogP contribution is 2.65. The number of alkyl halides is 3. The Morgan fingerprint density at radius 1 is 1.13 bits per heavy atom. The van der Waals surface area contributed by atoms with Crippen LogP contribution in [0.4, 0.5) is 18.9 Å². The molecule has 0 unspecified atom stereocenters. The van der Waals surface area contributed by atoms with Gasteiger partial charge in [-0.1, -0.05) is 36.4 Å². The van der Waals surface area contributed by atoms with Gasteiger partial charge in [0, 0.05) is 22.6 Å². The molecule has 2 atom stereocenters. The van der Waals surface area contributed by atoms with E-state index in [0.29, 0.717) is 0 Å². The number of methoxy groups -OCH3 is 1. The summed E-state index contributed by atoms with van der Waals surface area (Å²) in [5.41, 5.74) is 6.22. The number of H-pyrrole nitrogens is 1. The number of fused-ring (bicyclic) bond motifs is 3. The number of nitrogens with one attached hydrogen (secondary N) is 2. The second-order valence-corrected chi connectivity index (χ2v) is 9.13. The molecular formula is C27H22F3N3O5. The van der Waals surface area contributed by atoms with Gasteiger partial charge >= 0.3 is 12.1 Å². The number of aliphatic hydroxyl groups is 1. The standard InChI is InChI=1S/C25H21N3O3.C2HF3O2/c1-31-17-7-9-21-19(11-17)25(24(30)26-21)12-20(25)16-6-8-18-22(10-16)27-28-23(18)15-4-2-14(13-29)3-5-15;3-2(4,5)1(6)7/h2-11,20,29H,12-13H2,1H3,(H,26,30)(H,27,28);(H,6,7)/t20-,25-;/m0./s1. The minimum absolute atomic E-state index is 0.0245. The van der Waals surface area contributed by atoms with Crippen molar-refractivity contribution < 1.29 is 37.7 Å². The summed E-state index contributed by atoms with van der Waals surface area (Å²) in [6, 6.07) is 19.8. The second kappa shape index (κ2) is 9.18. The number of carboxylic acids is 1. The number of carboxylic acid groups (broad SMARTS) is 1. The summed E-state index contributed by atoms with van der Waals surface area (Å²) in [6.45, 7) is 0.0245. The van der Waals surface area contributed by atoms with Crippen molar-refractivity contribution in [2.75, 3.05) is 12.4 Å². The van der Waals surface area contributed by atoms with Crippen molar-refractivity contribution in [2.45, 2.75) is 30.5 Å². The molecule has 0 bridgehead atoms. The Balaban J connectivity index is 0.000000374. The lowest BCUT2D eigenvalue weighted by Crippen LogP contribution is -2.21. The average molecular weight is 525 g/mol. The summed E-state index contributed by atoms with van der Waals surface area (Å²) in [5, 5.41) is 28.1. The third-order valence-electron chi connectivity index (χ3n) is 6.96. The van der Waals surface area contributed by atoms with Crippen LogP contribution >= 0.6 is 0 Å². The highest BCUT2D eigenvalue weighted by molar-refractivity contribution is 6.10. The van der Waals surface area contributed by atoms with Crippen LogP contribution in [-0.2, 0) is 21.6 Å². The molecule has 11 heteroatoms. The maximum atomic E-state index is 12.9. The highest BCUT2D eigenvalue weighted by atomic mass is 19.4. The Morgan fingerprint density at radius 3 is 2.47 bits per heavy atom. The number of nitrogens with zero attached hydrogens (tertiary/aromatic N) is 1. The molecule has 2 aliphatic rings. The van der Waals surface area contributed by atoms with Crippen LogP contribution in [0.5, 0.6) is 5.75 Å². The zero-order chi connectivity index (χ0) is 27.2. The van der Waals surface area contributed by atoms with Crippen LogP contribution in [-0.4, -0.2) is 45.6 Å². The van der Waals surface area contributed by atoms with Crippen molar-refractivity contribution in [1.29, 1.82) is 0 Å². The molecule has 2 heterocycles. The van der Waals surface area contributed by atoms with Crippen LogP contribution < -0.4 is 10.1 Å². The van der Waals surface area contributed by atoms with Crippen LogP contribution in [0.25, 0.3) is 22.2 Å². The summed E-state index contributed by atoms with van der Waals surface area (Å²) in [4.78, 5) is 21.8. The third-order valence-corrected chi connectivity index (χ3v) is 6.96. The molecule has 0 saturated heterocycles. The van der Waals surface area contributed by atoms with Crippen molar-refractivity contribution in [3.63, 3.8) is 0 Å². The fourth-order valence-electron chi connectivity index (χ4n) is 4.94. The first kappa shape index (κ1) is 25.3. The molecule has 6 rings (SSSR count). The molecule has 1 aliphatic carbocycles. The molecule has 4 N–H and O–H groups in total. The van der Waals surface area contributed by atoms with E-state index in [1.165, 1.54) is 0 Å². The van der Waals surface area contributed by atoms with Crippen LogP contribution in [0.2, 0.25) is 0 Å². The Bertz CT molecular complexity index is 1550. The fourth-order valence-corrected chi connectivity index (χ4v) is 4.94. The fraction of sp³-hybridized carbons (Fsp3) is 0.222. The number of carbonyl (C=O) groups excluding carboxylic acids is 1. The first-order valence-electron chi connectivity index (χ1n) is 11.6. The van der Waals surface area contributed by atoms with Gasteiger partial charge in [-0.3, -0.25) is 9.89 Å². The third kappa shape index (κ3) is 4.24. The van der Waals surface area contributed by atoms with E-state index >= 15 is 0 Å². The molecule has 1 fully saturated rings. The van der Waals surface area contributed by atoms with E-state index in [9.17, 15) is 23.1 Å². The van der Waals surface area contributed by atoms with Gasteiger partial charge in [-0.2, -0.15) is 18.3 Å². The summed E-state index contributed by atoms with van der Waals surface area (Å²) in [7, 11) is 1.64. The van der Waals surface area contributed by atoms with Crippen LogP contribution in [0.3, 0.4) is 0 Å². The van der Waals surface area contributed by atoms with Crippen molar-refractivity contribution >= 4 is 28.5 Å². The molecule has 1 saturated carbocycles. The number of ether oxygens (including phenoxy) is 1. The average Bonchev–Trinajstić information content (AvgIpc) is 3.43. The number of amides is 1. The van der Waals surface area contributed by atoms with E-state index in [1.807, 2.05) is 42.5 Å². The van der Waals surface area contributed by atoms with Crippen LogP contribution in [0.1, 0.15) is 29.0 Å². The Kier molecular flexibility index (Phi) is 6.10. The summed E-state index contributed by atoms with van der Waals surface area (Å²) in [6.07, 6.45) is -4.30. The molecule has 1 aromatic heterocycles. The minimum Gasteiger partial charge on any atom is -0.497 e. The van der Waals surface area contributed by atoms with Gasteiger partial charge in [-0.05, 0) is 47.4 Å². The topological polar surface area (TPSA) is 125 Å². The van der Waals surface area contributed by atoms with E-state index in [-0.39, 0.29) is 18.4 Å². The molecular weight excluding hydrogens is 503 g/mol. The number of carbonyl (C=O) groups is 2. The second-order valence-electron chi connectivity index (χ2n) is 9.13. The van der Waals surface area contributed by atoms with Crippen molar-refractivity contribution in [3.05, 3.63) is 77.4 Å². The molecule has 196 valence electrons. The van der Waals surface area contributed by atoms with Gasteiger partial charge < -0.3 is 20.3 Å². The largest absolute Gasteiger partial charge is 0.497 e. The van der Waals surface area contributed by atoms with Crippen molar-refractivity contribution in [3.8, 4) is 17.0 Å². The predicted octanol–water partition coefficient (Wildman–Crippen LogP) is 4.74. The lowest BCUT2D eigenvalue weighted by atomic mass is 9.91. The first-order chi connectivity index (χ1) is 18.1. The van der Waals surface area contributed by atoms with Gasteiger partial charge in [0.05, 0.1) is 30.3 Å². The van der Waals surface area contributed by atoms with Crippen LogP contribution in [0, 0.1) is 0 Å². The molecule has 3 aromatic carbocycles. The molecule has 38 heavy (non-hydrogen) atoms. The van der Waals surface area contributed by atoms with Gasteiger partial charge in [-0.15, -0.1) is 0 Å². The number of halogens is 3. The number of aliphatic carboxylic acids is 1. The number of anilines is 1. The Hall–Kier alpha value is -4.38. The van der Waals surface area contributed by atoms with Gasteiger partial charge in [0.25, 0.3) is 0 Å². The number of rotatable bonds is 4. The SMILES string of the molecule is COc1ccc2c(c1)[C@]1(C[C@H]1c1ccc3c(-c4ccc(CO)cc4)n[nH]c3c1)C(=O)N2.O=C(O)C(F)(F)F. The number of aromatic amines is 1. The molecule has 1 amide bonds. The molecule has 4 aromatic rings. The van der Waals surface area contributed by atoms with Gasteiger partial charge in [0.1, 0.15) is 5.75 Å². The molecule has 1 spiro atoms. The van der Waals surface area contributed by atoms with E-state index in [4.69, 9.17) is 14.6 Å². The lowest BCUT2D eigenvalue weighted by molar-refractivity contribution is -0.192. The van der Waals surface area contributed by atoms with Gasteiger partial charge in [0.2, 0.25) is 5.91 Å².